The largest absolute Gasteiger partial charge is 0.379 e. The third-order valence-electron chi connectivity index (χ3n) is 4.62. The van der Waals surface area contributed by atoms with Gasteiger partial charge in [0.1, 0.15) is 0 Å². The van der Waals surface area contributed by atoms with Crippen LogP contribution in [0, 0.1) is 5.92 Å². The van der Waals surface area contributed by atoms with Gasteiger partial charge in [-0.25, -0.2) is 0 Å². The van der Waals surface area contributed by atoms with Crippen LogP contribution in [0.3, 0.4) is 0 Å². The quantitative estimate of drug-likeness (QED) is 0.218. The van der Waals surface area contributed by atoms with Crippen molar-refractivity contribution in [2.75, 3.05) is 53.0 Å². The molecule has 24 heavy (non-hydrogen) atoms. The van der Waals surface area contributed by atoms with E-state index in [4.69, 9.17) is 4.74 Å². The summed E-state index contributed by atoms with van der Waals surface area (Å²) in [7, 11) is 1.86. The van der Waals surface area contributed by atoms with Crippen LogP contribution in [-0.4, -0.2) is 63.8 Å². The summed E-state index contributed by atoms with van der Waals surface area (Å²) < 4.78 is 5.37. The van der Waals surface area contributed by atoms with E-state index < -0.39 is 0 Å². The smallest absolute Gasteiger partial charge is 0.190 e. The Morgan fingerprint density at radius 2 is 1.88 bits per heavy atom. The molecule has 144 valence electrons. The van der Waals surface area contributed by atoms with Crippen molar-refractivity contribution in [2.45, 2.75) is 52.4 Å². The van der Waals surface area contributed by atoms with E-state index >= 15 is 0 Å². The molecule has 1 aliphatic heterocycles. The van der Waals surface area contributed by atoms with E-state index in [1.54, 1.807) is 0 Å². The van der Waals surface area contributed by atoms with Crippen LogP contribution < -0.4 is 10.6 Å². The van der Waals surface area contributed by atoms with Crippen molar-refractivity contribution in [1.82, 2.24) is 15.5 Å². The number of guanidine groups is 1. The molecular weight excluding hydrogens is 415 g/mol. The van der Waals surface area contributed by atoms with Gasteiger partial charge in [0.2, 0.25) is 0 Å². The standard InChI is InChI=1S/C18H38N4O.HI/c1-4-6-9-17(5-2)16-21-18(19-3)20-10-7-8-11-22-12-14-23-15-13-22;/h17H,4-16H2,1-3H3,(H2,19,20,21);1H. The Morgan fingerprint density at radius 1 is 1.12 bits per heavy atom. The summed E-state index contributed by atoms with van der Waals surface area (Å²) in [5.74, 6) is 1.71. The van der Waals surface area contributed by atoms with Crippen LogP contribution in [0.1, 0.15) is 52.4 Å². The fourth-order valence-electron chi connectivity index (χ4n) is 2.90. The molecule has 1 aliphatic rings. The van der Waals surface area contributed by atoms with E-state index in [1.165, 1.54) is 45.1 Å². The molecule has 0 aromatic heterocycles. The predicted molar refractivity (Wildman–Crippen MR) is 115 cm³/mol. The average molecular weight is 454 g/mol. The first-order valence-electron chi connectivity index (χ1n) is 9.54. The van der Waals surface area contributed by atoms with Crippen molar-refractivity contribution in [1.29, 1.82) is 0 Å². The maximum Gasteiger partial charge on any atom is 0.190 e. The number of halogens is 1. The van der Waals surface area contributed by atoms with Crippen molar-refractivity contribution in [2.24, 2.45) is 10.9 Å². The first kappa shape index (κ1) is 23.9. The van der Waals surface area contributed by atoms with E-state index in [0.717, 1.165) is 51.3 Å². The number of ether oxygens (including phenoxy) is 1. The van der Waals surface area contributed by atoms with E-state index in [9.17, 15) is 0 Å². The number of unbranched alkanes of at least 4 members (excludes halogenated alkanes) is 2. The maximum atomic E-state index is 5.37. The summed E-state index contributed by atoms with van der Waals surface area (Å²) in [6, 6.07) is 0. The molecule has 5 nitrogen and oxygen atoms in total. The summed E-state index contributed by atoms with van der Waals surface area (Å²) >= 11 is 0. The molecule has 1 heterocycles. The van der Waals surface area contributed by atoms with E-state index in [2.05, 4.69) is 34.4 Å². The Balaban J connectivity index is 0.00000529. The van der Waals surface area contributed by atoms with Gasteiger partial charge in [-0.3, -0.25) is 9.89 Å². The van der Waals surface area contributed by atoms with Gasteiger partial charge in [-0.15, -0.1) is 24.0 Å². The van der Waals surface area contributed by atoms with Crippen molar-refractivity contribution in [3.05, 3.63) is 0 Å². The van der Waals surface area contributed by atoms with Gasteiger partial charge < -0.3 is 15.4 Å². The van der Waals surface area contributed by atoms with Crippen LogP contribution in [0.5, 0.6) is 0 Å². The SMILES string of the molecule is CCCCC(CC)CNC(=NC)NCCCCN1CCOCC1.I. The number of aliphatic imine (C=N–C) groups is 1. The van der Waals surface area contributed by atoms with Gasteiger partial charge in [0.05, 0.1) is 13.2 Å². The third kappa shape index (κ3) is 11.5. The van der Waals surface area contributed by atoms with Gasteiger partial charge in [0, 0.05) is 33.2 Å². The fraction of sp³-hybridized carbons (Fsp3) is 0.944. The maximum absolute atomic E-state index is 5.37. The topological polar surface area (TPSA) is 48.9 Å². The highest BCUT2D eigenvalue weighted by molar-refractivity contribution is 14.0. The van der Waals surface area contributed by atoms with Gasteiger partial charge in [-0.05, 0) is 31.7 Å². The number of rotatable bonds is 11. The average Bonchev–Trinajstić information content (AvgIpc) is 2.60. The zero-order chi connectivity index (χ0) is 16.8. The highest BCUT2D eigenvalue weighted by Crippen LogP contribution is 2.11. The summed E-state index contributed by atoms with van der Waals surface area (Å²) in [4.78, 5) is 6.83. The second kappa shape index (κ2) is 16.4. The van der Waals surface area contributed by atoms with Crippen LogP contribution in [0.15, 0.2) is 4.99 Å². The van der Waals surface area contributed by atoms with Gasteiger partial charge in [0.15, 0.2) is 5.96 Å². The molecule has 0 spiro atoms. The molecule has 1 atom stereocenters. The molecule has 0 amide bonds. The molecule has 0 aliphatic carbocycles. The Labute approximate surface area is 166 Å². The van der Waals surface area contributed by atoms with E-state index in [1.807, 2.05) is 7.05 Å². The molecule has 0 aromatic rings. The summed E-state index contributed by atoms with van der Waals surface area (Å²) in [6.45, 7) is 11.7. The molecule has 1 saturated heterocycles. The molecular formula is C18H39IN4O. The lowest BCUT2D eigenvalue weighted by atomic mass is 9.99. The van der Waals surface area contributed by atoms with Gasteiger partial charge in [-0.1, -0.05) is 33.1 Å². The lowest BCUT2D eigenvalue weighted by Gasteiger charge is -2.26. The summed E-state index contributed by atoms with van der Waals surface area (Å²) in [6.07, 6.45) is 7.59. The zero-order valence-corrected chi connectivity index (χ0v) is 18.3. The van der Waals surface area contributed by atoms with E-state index in [-0.39, 0.29) is 24.0 Å². The molecule has 6 heteroatoms. The van der Waals surface area contributed by atoms with E-state index in [0.29, 0.717) is 0 Å². The minimum atomic E-state index is 0. The first-order valence-corrected chi connectivity index (χ1v) is 9.54. The van der Waals surface area contributed by atoms with Gasteiger partial charge in [0.25, 0.3) is 0 Å². The number of nitrogens with one attached hydrogen (secondary N) is 2. The zero-order valence-electron chi connectivity index (χ0n) is 16.0. The number of nitrogens with zero attached hydrogens (tertiary/aromatic N) is 2. The van der Waals surface area contributed by atoms with Crippen LogP contribution >= 0.6 is 24.0 Å². The van der Waals surface area contributed by atoms with Crippen LogP contribution in [0.25, 0.3) is 0 Å². The highest BCUT2D eigenvalue weighted by Gasteiger charge is 2.09. The summed E-state index contributed by atoms with van der Waals surface area (Å²) in [5.41, 5.74) is 0. The molecule has 0 saturated carbocycles. The Kier molecular flexibility index (Phi) is 16.3. The van der Waals surface area contributed by atoms with Gasteiger partial charge in [-0.2, -0.15) is 0 Å². The molecule has 0 radical (unpaired) electrons. The minimum Gasteiger partial charge on any atom is -0.379 e. The molecule has 0 bridgehead atoms. The molecule has 1 rings (SSSR count). The normalized spacial score (nSPS) is 17.2. The lowest BCUT2D eigenvalue weighted by Crippen LogP contribution is -2.40. The second-order valence-electron chi connectivity index (χ2n) is 6.46. The highest BCUT2D eigenvalue weighted by atomic mass is 127. The molecule has 1 unspecified atom stereocenters. The Bertz CT molecular complexity index is 309. The second-order valence-corrected chi connectivity index (χ2v) is 6.46. The Morgan fingerprint density at radius 3 is 2.50 bits per heavy atom. The van der Waals surface area contributed by atoms with Crippen molar-refractivity contribution >= 4 is 29.9 Å². The number of morpholine rings is 1. The molecule has 1 fully saturated rings. The van der Waals surface area contributed by atoms with Crippen LogP contribution in [0.2, 0.25) is 0 Å². The first-order chi connectivity index (χ1) is 11.3. The summed E-state index contributed by atoms with van der Waals surface area (Å²) in [5, 5.41) is 6.92. The number of hydrogen-bond donors (Lipinski definition) is 2. The van der Waals surface area contributed by atoms with Crippen molar-refractivity contribution in [3.63, 3.8) is 0 Å². The van der Waals surface area contributed by atoms with Gasteiger partial charge >= 0.3 is 0 Å². The lowest BCUT2D eigenvalue weighted by molar-refractivity contribution is 0.0372. The molecule has 2 N–H and O–H groups in total. The third-order valence-corrected chi connectivity index (χ3v) is 4.62. The number of hydrogen-bond acceptors (Lipinski definition) is 3. The van der Waals surface area contributed by atoms with Crippen LogP contribution in [0.4, 0.5) is 0 Å². The molecule has 0 aromatic carbocycles. The monoisotopic (exact) mass is 454 g/mol. The van der Waals surface area contributed by atoms with Crippen molar-refractivity contribution in [3.8, 4) is 0 Å². The van der Waals surface area contributed by atoms with Crippen LogP contribution in [-0.2, 0) is 4.74 Å². The van der Waals surface area contributed by atoms with Crippen molar-refractivity contribution < 1.29 is 4.74 Å². The Hall–Kier alpha value is -0.0800. The minimum absolute atomic E-state index is 0. The predicted octanol–water partition coefficient (Wildman–Crippen LogP) is 3.10. The fourth-order valence-corrected chi connectivity index (χ4v) is 2.90.